The van der Waals surface area contributed by atoms with Gasteiger partial charge in [-0.05, 0) is 61.4 Å². The molecule has 0 aromatic heterocycles. The fourth-order valence-electron chi connectivity index (χ4n) is 4.11. The lowest BCUT2D eigenvalue weighted by Crippen LogP contribution is -2.45. The monoisotopic (exact) mass is 444 g/mol. The number of likely N-dealkylation sites (N-methyl/N-ethyl adjacent to an activating group) is 1. The van der Waals surface area contributed by atoms with E-state index in [1.165, 1.54) is 15.9 Å². The summed E-state index contributed by atoms with van der Waals surface area (Å²) in [6.07, 6.45) is 2.91. The van der Waals surface area contributed by atoms with E-state index in [1.807, 2.05) is 6.07 Å². The van der Waals surface area contributed by atoms with Crippen molar-refractivity contribution in [1.82, 2.24) is 9.21 Å². The van der Waals surface area contributed by atoms with Gasteiger partial charge in [-0.15, -0.1) is 0 Å². The second-order valence-corrected chi connectivity index (χ2v) is 10.0. The molecule has 1 fully saturated rings. The molecule has 0 spiro atoms. The van der Waals surface area contributed by atoms with E-state index in [-0.39, 0.29) is 23.9 Å². The smallest absolute Gasteiger partial charge is 0.243 e. The molecule has 1 aliphatic heterocycles. The molecule has 3 rings (SSSR count). The van der Waals surface area contributed by atoms with Crippen molar-refractivity contribution in [2.75, 3.05) is 33.3 Å². The van der Waals surface area contributed by atoms with Gasteiger partial charge in [0.2, 0.25) is 15.9 Å². The summed E-state index contributed by atoms with van der Waals surface area (Å²) in [6.45, 7) is 5.02. The number of amides is 1. The second kappa shape index (κ2) is 10.3. The average Bonchev–Trinajstić information content (AvgIpc) is 2.78. The van der Waals surface area contributed by atoms with Crippen molar-refractivity contribution >= 4 is 15.9 Å². The molecule has 0 unspecified atom stereocenters. The van der Waals surface area contributed by atoms with E-state index in [2.05, 4.69) is 24.3 Å². The molecule has 0 atom stereocenters. The molecule has 168 valence electrons. The topological polar surface area (TPSA) is 66.9 Å². The van der Waals surface area contributed by atoms with Crippen molar-refractivity contribution in [2.45, 2.75) is 38.0 Å². The second-order valence-electron chi connectivity index (χ2n) is 8.08. The van der Waals surface area contributed by atoms with Crippen molar-refractivity contribution in [3.63, 3.8) is 0 Å². The van der Waals surface area contributed by atoms with Crippen molar-refractivity contribution in [1.29, 1.82) is 0 Å². The Balaban J connectivity index is 1.60. The number of carbonyl (C=O) groups excluding carboxylic acids is 1. The van der Waals surface area contributed by atoms with Crippen LogP contribution in [0.3, 0.4) is 0 Å². The number of sulfonamides is 1. The van der Waals surface area contributed by atoms with Crippen molar-refractivity contribution in [3.05, 3.63) is 59.7 Å². The highest BCUT2D eigenvalue weighted by Crippen LogP contribution is 2.25. The number of methoxy groups -OCH3 is 1. The molecule has 0 N–H and O–H groups in total. The first kappa shape index (κ1) is 23.3. The van der Waals surface area contributed by atoms with Gasteiger partial charge in [-0.1, -0.05) is 37.3 Å². The standard InChI is InChI=1S/C24H32N2O4S/c1-4-26(31(28,29)22-10-11-23(30-3)19(2)16-22)18-24(27)25-14-12-21(13-15-25)17-20-8-6-5-7-9-20/h5-11,16,21H,4,12-15,17-18H2,1-3H3. The predicted molar refractivity (Wildman–Crippen MR) is 122 cm³/mol. The number of piperidine rings is 1. The van der Waals surface area contributed by atoms with Gasteiger partial charge < -0.3 is 9.64 Å². The molecule has 0 aliphatic carbocycles. The predicted octanol–water partition coefficient (Wildman–Crippen LogP) is 3.50. The van der Waals surface area contributed by atoms with Crippen LogP contribution in [0.5, 0.6) is 5.75 Å². The van der Waals surface area contributed by atoms with Crippen LogP contribution in [0.25, 0.3) is 0 Å². The molecule has 1 aliphatic rings. The number of hydrogen-bond donors (Lipinski definition) is 0. The van der Waals surface area contributed by atoms with Gasteiger partial charge in [0.15, 0.2) is 0 Å². The number of benzene rings is 2. The quantitative estimate of drug-likeness (QED) is 0.625. The van der Waals surface area contributed by atoms with E-state index >= 15 is 0 Å². The summed E-state index contributed by atoms with van der Waals surface area (Å²) < 4.78 is 32.7. The maximum absolute atomic E-state index is 13.1. The van der Waals surface area contributed by atoms with Crippen LogP contribution < -0.4 is 4.74 Å². The highest BCUT2D eigenvalue weighted by Gasteiger charge is 2.29. The third-order valence-corrected chi connectivity index (χ3v) is 7.92. The lowest BCUT2D eigenvalue weighted by molar-refractivity contribution is -0.132. The van der Waals surface area contributed by atoms with Crippen LogP contribution in [-0.2, 0) is 21.2 Å². The van der Waals surface area contributed by atoms with E-state index in [9.17, 15) is 13.2 Å². The highest BCUT2D eigenvalue weighted by atomic mass is 32.2. The molecule has 0 bridgehead atoms. The Hall–Kier alpha value is -2.38. The Labute approximate surface area is 185 Å². The fourth-order valence-corrected chi connectivity index (χ4v) is 5.60. The molecule has 1 heterocycles. The molecule has 7 heteroatoms. The summed E-state index contributed by atoms with van der Waals surface area (Å²) in [4.78, 5) is 14.9. The molecule has 6 nitrogen and oxygen atoms in total. The van der Waals surface area contributed by atoms with Gasteiger partial charge >= 0.3 is 0 Å². The Morgan fingerprint density at radius 1 is 1.13 bits per heavy atom. The van der Waals surface area contributed by atoms with Gasteiger partial charge in [0.25, 0.3) is 0 Å². The van der Waals surface area contributed by atoms with Crippen LogP contribution in [0.2, 0.25) is 0 Å². The molecule has 2 aromatic carbocycles. The van der Waals surface area contributed by atoms with Crippen LogP contribution in [0.1, 0.15) is 30.9 Å². The van der Waals surface area contributed by atoms with Crippen LogP contribution in [0.4, 0.5) is 0 Å². The van der Waals surface area contributed by atoms with Crippen LogP contribution in [-0.4, -0.2) is 56.8 Å². The summed E-state index contributed by atoms with van der Waals surface area (Å²) in [7, 11) is -2.20. The highest BCUT2D eigenvalue weighted by molar-refractivity contribution is 7.89. The zero-order chi connectivity index (χ0) is 22.4. The maximum Gasteiger partial charge on any atom is 0.243 e. The van der Waals surface area contributed by atoms with Crippen LogP contribution in [0, 0.1) is 12.8 Å². The van der Waals surface area contributed by atoms with E-state index in [4.69, 9.17) is 4.74 Å². The number of hydrogen-bond acceptors (Lipinski definition) is 4. The van der Waals surface area contributed by atoms with Gasteiger partial charge in [0.1, 0.15) is 5.75 Å². The number of ether oxygens (including phenoxy) is 1. The van der Waals surface area contributed by atoms with Crippen molar-refractivity contribution < 1.29 is 17.9 Å². The molecular weight excluding hydrogens is 412 g/mol. The molecule has 1 saturated heterocycles. The zero-order valence-electron chi connectivity index (χ0n) is 18.6. The lowest BCUT2D eigenvalue weighted by atomic mass is 9.90. The third kappa shape index (κ3) is 5.66. The van der Waals surface area contributed by atoms with Crippen LogP contribution in [0.15, 0.2) is 53.4 Å². The average molecular weight is 445 g/mol. The van der Waals surface area contributed by atoms with Crippen molar-refractivity contribution in [2.24, 2.45) is 5.92 Å². The minimum absolute atomic E-state index is 0.131. The SMILES string of the molecule is CCN(CC(=O)N1CCC(Cc2ccccc2)CC1)S(=O)(=O)c1ccc(OC)c(C)c1. The Morgan fingerprint density at radius 3 is 2.39 bits per heavy atom. The first-order valence-corrected chi connectivity index (χ1v) is 12.3. The van der Waals surface area contributed by atoms with Gasteiger partial charge in [0, 0.05) is 19.6 Å². The molecule has 1 amide bonds. The van der Waals surface area contributed by atoms with E-state index in [1.54, 1.807) is 38.0 Å². The van der Waals surface area contributed by atoms with E-state index in [0.717, 1.165) is 24.8 Å². The van der Waals surface area contributed by atoms with Gasteiger partial charge in [-0.25, -0.2) is 8.42 Å². The zero-order valence-corrected chi connectivity index (χ0v) is 19.4. The third-order valence-electron chi connectivity index (χ3n) is 6.00. The summed E-state index contributed by atoms with van der Waals surface area (Å²) >= 11 is 0. The minimum atomic E-state index is -3.75. The summed E-state index contributed by atoms with van der Waals surface area (Å²) in [5.74, 6) is 1.06. The number of carbonyl (C=O) groups is 1. The van der Waals surface area contributed by atoms with Gasteiger partial charge in [-0.2, -0.15) is 4.31 Å². The first-order valence-electron chi connectivity index (χ1n) is 10.8. The van der Waals surface area contributed by atoms with E-state index in [0.29, 0.717) is 24.8 Å². The number of nitrogens with zero attached hydrogens (tertiary/aromatic N) is 2. The summed E-state index contributed by atoms with van der Waals surface area (Å²) in [5.41, 5.74) is 2.07. The Bertz CT molecular complexity index is 984. The number of rotatable bonds is 8. The lowest BCUT2D eigenvalue weighted by Gasteiger charge is -2.33. The molecule has 0 radical (unpaired) electrons. The van der Waals surface area contributed by atoms with Gasteiger partial charge in [-0.3, -0.25) is 4.79 Å². The normalized spacial score (nSPS) is 15.3. The largest absolute Gasteiger partial charge is 0.496 e. The molecule has 31 heavy (non-hydrogen) atoms. The molecule has 2 aromatic rings. The summed E-state index contributed by atoms with van der Waals surface area (Å²) in [5, 5.41) is 0. The summed E-state index contributed by atoms with van der Waals surface area (Å²) in [6, 6.07) is 15.2. The minimum Gasteiger partial charge on any atom is -0.496 e. The van der Waals surface area contributed by atoms with Gasteiger partial charge in [0.05, 0.1) is 18.6 Å². The number of likely N-dealkylation sites (tertiary alicyclic amines) is 1. The van der Waals surface area contributed by atoms with Crippen LogP contribution >= 0.6 is 0 Å². The first-order chi connectivity index (χ1) is 14.8. The molecule has 0 saturated carbocycles. The Kier molecular flexibility index (Phi) is 7.73. The van der Waals surface area contributed by atoms with E-state index < -0.39 is 10.0 Å². The number of aryl methyl sites for hydroxylation is 1. The molecular formula is C24H32N2O4S. The fraction of sp³-hybridized carbons (Fsp3) is 0.458. The van der Waals surface area contributed by atoms with Crippen molar-refractivity contribution in [3.8, 4) is 5.75 Å². The maximum atomic E-state index is 13.1. The Morgan fingerprint density at radius 2 is 1.81 bits per heavy atom.